The Balaban J connectivity index is 1.17. The minimum absolute atomic E-state index is 0.0206. The lowest BCUT2D eigenvalue weighted by atomic mass is 9.95. The highest BCUT2D eigenvalue weighted by Gasteiger charge is 2.21. The average Bonchev–Trinajstić information content (AvgIpc) is 3.18. The predicted octanol–water partition coefficient (Wildman–Crippen LogP) is 3.38. The predicted molar refractivity (Wildman–Crippen MR) is 125 cm³/mol. The summed E-state index contributed by atoms with van der Waals surface area (Å²) in [7, 11) is 0. The van der Waals surface area contributed by atoms with Crippen LogP contribution >= 0.6 is 0 Å². The number of fused-ring (bicyclic) bond motifs is 3. The molecule has 1 aliphatic heterocycles. The molecule has 3 aromatic rings. The number of aromatic amines is 1. The fourth-order valence-corrected chi connectivity index (χ4v) is 4.99. The number of aryl methyl sites for hydroxylation is 2. The average molecular weight is 418 g/mol. The third-order valence-electron chi connectivity index (χ3n) is 6.62. The van der Waals surface area contributed by atoms with E-state index in [0.29, 0.717) is 0 Å². The van der Waals surface area contributed by atoms with Crippen molar-refractivity contribution < 1.29 is 4.79 Å². The molecule has 6 heteroatoms. The second kappa shape index (κ2) is 8.71. The first-order chi connectivity index (χ1) is 15.2. The Morgan fingerprint density at radius 2 is 1.97 bits per heavy atom. The summed E-state index contributed by atoms with van der Waals surface area (Å²) in [6, 6.07) is 12.2. The van der Waals surface area contributed by atoms with E-state index < -0.39 is 0 Å². The minimum atomic E-state index is 0.0206. The summed E-state index contributed by atoms with van der Waals surface area (Å²) >= 11 is 0. The lowest BCUT2D eigenvalue weighted by Gasteiger charge is -2.36. The monoisotopic (exact) mass is 417 g/mol. The number of hydrogen-bond donors (Lipinski definition) is 2. The molecule has 2 N–H and O–H groups in total. The summed E-state index contributed by atoms with van der Waals surface area (Å²) in [4.78, 5) is 25.7. The number of nitrogens with one attached hydrogen (secondary N) is 2. The molecule has 1 aromatic carbocycles. The van der Waals surface area contributed by atoms with Gasteiger partial charge in [-0.1, -0.05) is 6.07 Å². The summed E-state index contributed by atoms with van der Waals surface area (Å²) in [5, 5.41) is 4.43. The van der Waals surface area contributed by atoms with Crippen molar-refractivity contribution in [1.82, 2.24) is 20.2 Å². The number of amides is 1. The molecule has 0 radical (unpaired) electrons. The molecule has 1 atom stereocenters. The number of nitrogens with zero attached hydrogens (tertiary/aromatic N) is 3. The van der Waals surface area contributed by atoms with E-state index in [0.717, 1.165) is 62.5 Å². The highest BCUT2D eigenvalue weighted by atomic mass is 16.1. The second-order valence-corrected chi connectivity index (χ2v) is 8.90. The van der Waals surface area contributed by atoms with Gasteiger partial charge in [-0.25, -0.2) is 4.98 Å². The van der Waals surface area contributed by atoms with Crippen LogP contribution in [0.2, 0.25) is 0 Å². The Morgan fingerprint density at radius 3 is 2.77 bits per heavy atom. The number of carbonyl (C=O) groups is 1. The van der Waals surface area contributed by atoms with E-state index in [-0.39, 0.29) is 11.9 Å². The van der Waals surface area contributed by atoms with Gasteiger partial charge in [0, 0.05) is 67.1 Å². The van der Waals surface area contributed by atoms with Gasteiger partial charge in [0.05, 0.1) is 0 Å². The van der Waals surface area contributed by atoms with Gasteiger partial charge in [-0.05, 0) is 68.5 Å². The van der Waals surface area contributed by atoms with E-state index in [1.54, 1.807) is 0 Å². The van der Waals surface area contributed by atoms with Crippen LogP contribution in [-0.2, 0) is 12.8 Å². The Labute approximate surface area is 183 Å². The van der Waals surface area contributed by atoms with Crippen LogP contribution < -0.4 is 10.2 Å². The van der Waals surface area contributed by atoms with Crippen molar-refractivity contribution in [3.8, 4) is 0 Å². The zero-order valence-corrected chi connectivity index (χ0v) is 18.2. The van der Waals surface area contributed by atoms with E-state index in [1.807, 2.05) is 24.4 Å². The molecule has 0 spiro atoms. The number of hydrogen-bond acceptors (Lipinski definition) is 4. The van der Waals surface area contributed by atoms with Crippen LogP contribution in [-0.4, -0.2) is 59.5 Å². The van der Waals surface area contributed by atoms with E-state index in [9.17, 15) is 4.79 Å². The van der Waals surface area contributed by atoms with Crippen LogP contribution in [0.4, 0.5) is 5.82 Å². The van der Waals surface area contributed by atoms with Gasteiger partial charge in [0.2, 0.25) is 0 Å². The van der Waals surface area contributed by atoms with Crippen molar-refractivity contribution in [1.29, 1.82) is 0 Å². The third-order valence-corrected chi connectivity index (χ3v) is 6.62. The highest BCUT2D eigenvalue weighted by molar-refractivity contribution is 5.99. The molecule has 31 heavy (non-hydrogen) atoms. The zero-order chi connectivity index (χ0) is 21.2. The number of pyridine rings is 1. The van der Waals surface area contributed by atoms with Crippen LogP contribution in [0.1, 0.15) is 41.4 Å². The van der Waals surface area contributed by atoms with E-state index in [1.165, 1.54) is 29.5 Å². The molecular weight excluding hydrogens is 386 g/mol. The number of benzene rings is 1. The number of anilines is 1. The molecule has 1 fully saturated rings. The molecule has 3 heterocycles. The largest absolute Gasteiger partial charge is 0.358 e. The first kappa shape index (κ1) is 20.1. The molecule has 2 aliphatic rings. The van der Waals surface area contributed by atoms with Crippen LogP contribution in [0.3, 0.4) is 0 Å². The topological polar surface area (TPSA) is 64.3 Å². The summed E-state index contributed by atoms with van der Waals surface area (Å²) in [6.45, 7) is 6.86. The SMILES string of the molecule is CC(CN1CCN(c2ccccn2)CC1)NC(=O)c1ccc2[nH]c3c(c2c1)CCCC3. The smallest absolute Gasteiger partial charge is 0.251 e. The van der Waals surface area contributed by atoms with Gasteiger partial charge < -0.3 is 15.2 Å². The second-order valence-electron chi connectivity index (χ2n) is 8.90. The fourth-order valence-electron chi connectivity index (χ4n) is 4.99. The van der Waals surface area contributed by atoms with Crippen molar-refractivity contribution >= 4 is 22.6 Å². The summed E-state index contributed by atoms with van der Waals surface area (Å²) in [6.07, 6.45) is 6.57. The van der Waals surface area contributed by atoms with Gasteiger partial charge in [0.1, 0.15) is 5.82 Å². The maximum absolute atomic E-state index is 12.9. The van der Waals surface area contributed by atoms with Gasteiger partial charge in [0.25, 0.3) is 5.91 Å². The first-order valence-electron chi connectivity index (χ1n) is 11.5. The number of aromatic nitrogens is 2. The third kappa shape index (κ3) is 4.30. The van der Waals surface area contributed by atoms with Crippen LogP contribution in [0.15, 0.2) is 42.6 Å². The van der Waals surface area contributed by atoms with Crippen LogP contribution in [0.5, 0.6) is 0 Å². The molecular formula is C25H31N5O. The van der Waals surface area contributed by atoms with E-state index in [4.69, 9.17) is 0 Å². The minimum Gasteiger partial charge on any atom is -0.358 e. The van der Waals surface area contributed by atoms with Gasteiger partial charge >= 0.3 is 0 Å². The fraction of sp³-hybridized carbons (Fsp3) is 0.440. The highest BCUT2D eigenvalue weighted by Crippen LogP contribution is 2.29. The maximum Gasteiger partial charge on any atom is 0.251 e. The van der Waals surface area contributed by atoms with Gasteiger partial charge in [0.15, 0.2) is 0 Å². The Kier molecular flexibility index (Phi) is 5.64. The molecule has 1 aliphatic carbocycles. The Bertz CT molecular complexity index is 1050. The quantitative estimate of drug-likeness (QED) is 0.668. The lowest BCUT2D eigenvalue weighted by Crippen LogP contribution is -2.51. The molecule has 1 amide bonds. The van der Waals surface area contributed by atoms with Crippen LogP contribution in [0.25, 0.3) is 10.9 Å². The molecule has 2 aromatic heterocycles. The molecule has 162 valence electrons. The molecule has 5 rings (SSSR count). The van der Waals surface area contributed by atoms with Crippen molar-refractivity contribution in [3.63, 3.8) is 0 Å². The molecule has 1 saturated heterocycles. The molecule has 1 unspecified atom stereocenters. The first-order valence-corrected chi connectivity index (χ1v) is 11.5. The van der Waals surface area contributed by atoms with Crippen molar-refractivity contribution in [3.05, 3.63) is 59.4 Å². The van der Waals surface area contributed by atoms with Gasteiger partial charge in [-0.15, -0.1) is 0 Å². The number of piperazine rings is 1. The van der Waals surface area contributed by atoms with Gasteiger partial charge in [-0.2, -0.15) is 0 Å². The van der Waals surface area contributed by atoms with E-state index >= 15 is 0 Å². The van der Waals surface area contributed by atoms with Crippen LogP contribution in [0, 0.1) is 0 Å². The lowest BCUT2D eigenvalue weighted by molar-refractivity contribution is 0.0928. The molecule has 0 bridgehead atoms. The summed E-state index contributed by atoms with van der Waals surface area (Å²) in [5.41, 5.74) is 4.68. The van der Waals surface area contributed by atoms with Crippen molar-refractivity contribution in [2.24, 2.45) is 0 Å². The summed E-state index contributed by atoms with van der Waals surface area (Å²) < 4.78 is 0. The Hall–Kier alpha value is -2.86. The Morgan fingerprint density at radius 1 is 1.13 bits per heavy atom. The summed E-state index contributed by atoms with van der Waals surface area (Å²) in [5.74, 6) is 1.07. The normalized spacial score (nSPS) is 18.0. The number of H-pyrrole nitrogens is 1. The molecule has 0 saturated carbocycles. The maximum atomic E-state index is 12.9. The van der Waals surface area contributed by atoms with E-state index in [2.05, 4.69) is 50.2 Å². The van der Waals surface area contributed by atoms with Crippen molar-refractivity contribution in [2.75, 3.05) is 37.6 Å². The number of rotatable bonds is 5. The van der Waals surface area contributed by atoms with Gasteiger partial charge in [-0.3, -0.25) is 9.69 Å². The van der Waals surface area contributed by atoms with Crippen molar-refractivity contribution in [2.45, 2.75) is 38.6 Å². The number of carbonyl (C=O) groups excluding carboxylic acids is 1. The standard InChI is InChI=1S/C25H31N5O/c1-18(17-29-12-14-30(15-13-29)24-8-4-5-11-26-24)27-25(31)19-9-10-23-21(16-19)20-6-2-3-7-22(20)28-23/h4-5,8-11,16,18,28H,2-3,6-7,12-15,17H2,1H3,(H,27,31). The zero-order valence-electron chi connectivity index (χ0n) is 18.2. The molecule has 6 nitrogen and oxygen atoms in total.